The van der Waals surface area contributed by atoms with Gasteiger partial charge in [0.2, 0.25) is 0 Å². The Labute approximate surface area is 150 Å². The molecular weight excluding hydrogens is 320 g/mol. The Hall–Kier alpha value is -1.46. The first-order chi connectivity index (χ1) is 11.9. The number of unbranched alkanes of at least 4 members (excludes halogenated alkanes) is 2. The number of carboxylic acid groups (broad SMARTS) is 1. The highest BCUT2D eigenvalue weighted by atomic mass is 16.4. The summed E-state index contributed by atoms with van der Waals surface area (Å²) in [5.74, 6) is -0.543. The van der Waals surface area contributed by atoms with Gasteiger partial charge in [0.1, 0.15) is 0 Å². The van der Waals surface area contributed by atoms with E-state index in [0.717, 1.165) is 38.2 Å². The number of carboxylic acids is 1. The van der Waals surface area contributed by atoms with Crippen LogP contribution in [0.2, 0.25) is 0 Å². The van der Waals surface area contributed by atoms with Gasteiger partial charge in [-0.3, -0.25) is 4.79 Å². The Kier molecular flexibility index (Phi) is 10.3. The van der Waals surface area contributed by atoms with Gasteiger partial charge in [-0.1, -0.05) is 18.6 Å². The molecule has 0 bridgehead atoms. The lowest BCUT2D eigenvalue weighted by molar-refractivity contribution is -0.131. The Morgan fingerprint density at radius 2 is 1.92 bits per heavy atom. The van der Waals surface area contributed by atoms with E-state index in [1.54, 1.807) is 19.1 Å². The van der Waals surface area contributed by atoms with Crippen LogP contribution in [0.15, 0.2) is 24.3 Å². The number of aliphatic carboxylic acids is 1. The van der Waals surface area contributed by atoms with Gasteiger partial charge < -0.3 is 15.3 Å². The second-order valence-electron chi connectivity index (χ2n) is 7.07. The monoisotopic (exact) mass is 352 g/mol. The fourth-order valence-corrected chi connectivity index (χ4v) is 3.33. The van der Waals surface area contributed by atoms with Crippen LogP contribution < -0.4 is 0 Å². The van der Waals surface area contributed by atoms with Crippen molar-refractivity contribution in [2.45, 2.75) is 76.9 Å². The van der Waals surface area contributed by atoms with Gasteiger partial charge in [0, 0.05) is 12.0 Å². The average Bonchev–Trinajstić information content (AvgIpc) is 2.88. The quantitative estimate of drug-likeness (QED) is 0.349. The molecule has 0 heterocycles. The minimum Gasteiger partial charge on any atom is -0.478 e. The van der Waals surface area contributed by atoms with Crippen molar-refractivity contribution in [1.29, 1.82) is 0 Å². The molecule has 5 heteroatoms. The maximum Gasteiger partial charge on any atom is 0.327 e. The van der Waals surface area contributed by atoms with Crippen LogP contribution in [-0.2, 0) is 9.59 Å². The summed E-state index contributed by atoms with van der Waals surface area (Å²) < 4.78 is 0. The smallest absolute Gasteiger partial charge is 0.327 e. The van der Waals surface area contributed by atoms with Crippen LogP contribution in [0.25, 0.3) is 0 Å². The highest BCUT2D eigenvalue weighted by Gasteiger charge is 2.29. The summed E-state index contributed by atoms with van der Waals surface area (Å²) in [4.78, 5) is 22.4. The lowest BCUT2D eigenvalue weighted by atomic mass is 9.85. The Morgan fingerprint density at radius 1 is 1.16 bits per heavy atom. The molecule has 4 atom stereocenters. The minimum absolute atomic E-state index is 0.00752. The van der Waals surface area contributed by atoms with E-state index in [1.165, 1.54) is 0 Å². The molecule has 1 aliphatic rings. The molecular formula is C20H32O5. The van der Waals surface area contributed by atoms with Gasteiger partial charge in [-0.15, -0.1) is 0 Å². The van der Waals surface area contributed by atoms with Crippen LogP contribution in [-0.4, -0.2) is 39.3 Å². The van der Waals surface area contributed by atoms with Gasteiger partial charge in [0.25, 0.3) is 0 Å². The predicted octanol–water partition coefficient (Wildman–Crippen LogP) is 3.25. The molecule has 0 aromatic carbocycles. The number of carbonyl (C=O) groups excluding carboxylic acids is 1. The number of hydrogen-bond donors (Lipinski definition) is 3. The van der Waals surface area contributed by atoms with E-state index in [4.69, 9.17) is 5.11 Å². The highest BCUT2D eigenvalue weighted by molar-refractivity contribution is 5.94. The van der Waals surface area contributed by atoms with Crippen LogP contribution in [0.1, 0.15) is 64.7 Å². The van der Waals surface area contributed by atoms with Crippen molar-refractivity contribution in [1.82, 2.24) is 0 Å². The first kappa shape index (κ1) is 21.6. The van der Waals surface area contributed by atoms with E-state index in [9.17, 15) is 19.8 Å². The second-order valence-corrected chi connectivity index (χ2v) is 7.07. The Bertz CT molecular complexity index is 467. The largest absolute Gasteiger partial charge is 0.478 e. The SMILES string of the molecule is CC(O)CCC[C@H](O)CC[C@H]1C=CC(=O)[C@@H]1CCCCC=CC(=O)O. The molecule has 0 radical (unpaired) electrons. The molecule has 25 heavy (non-hydrogen) atoms. The van der Waals surface area contributed by atoms with Crippen LogP contribution in [0.3, 0.4) is 0 Å². The predicted molar refractivity (Wildman–Crippen MR) is 97.1 cm³/mol. The third kappa shape index (κ3) is 9.56. The molecule has 1 unspecified atom stereocenters. The lowest BCUT2D eigenvalue weighted by Gasteiger charge is -2.19. The van der Waals surface area contributed by atoms with Gasteiger partial charge in [-0.05, 0) is 70.3 Å². The molecule has 5 nitrogen and oxygen atoms in total. The van der Waals surface area contributed by atoms with Crippen molar-refractivity contribution in [3.63, 3.8) is 0 Å². The van der Waals surface area contributed by atoms with Crippen molar-refractivity contribution < 1.29 is 24.9 Å². The third-order valence-electron chi connectivity index (χ3n) is 4.78. The molecule has 0 aromatic heterocycles. The molecule has 0 fully saturated rings. The molecule has 0 amide bonds. The van der Waals surface area contributed by atoms with E-state index in [2.05, 4.69) is 0 Å². The Balaban J connectivity index is 2.25. The first-order valence-corrected chi connectivity index (χ1v) is 9.37. The Morgan fingerprint density at radius 3 is 2.60 bits per heavy atom. The molecule has 142 valence electrons. The highest BCUT2D eigenvalue weighted by Crippen LogP contribution is 2.31. The fraction of sp³-hybridized carbons (Fsp3) is 0.700. The van der Waals surface area contributed by atoms with E-state index >= 15 is 0 Å². The zero-order valence-electron chi connectivity index (χ0n) is 15.1. The van der Waals surface area contributed by atoms with Crippen LogP contribution >= 0.6 is 0 Å². The van der Waals surface area contributed by atoms with Crippen molar-refractivity contribution >= 4 is 11.8 Å². The second kappa shape index (κ2) is 12.0. The maximum atomic E-state index is 12.0. The molecule has 3 N–H and O–H groups in total. The molecule has 0 aliphatic heterocycles. The minimum atomic E-state index is -0.928. The standard InChI is InChI=1S/C20H32O5/c1-15(21)7-6-8-17(22)13-11-16-12-14-19(23)18(16)9-4-2-3-5-10-20(24)25/h5,10,12,14-18,21-22H,2-4,6-9,11,13H2,1H3,(H,24,25)/t15?,16-,17-,18+/m0/s1. The topological polar surface area (TPSA) is 94.8 Å². The fourth-order valence-electron chi connectivity index (χ4n) is 3.33. The summed E-state index contributed by atoms with van der Waals surface area (Å²) in [5, 5.41) is 27.8. The summed E-state index contributed by atoms with van der Waals surface area (Å²) in [7, 11) is 0. The number of hydrogen-bond acceptors (Lipinski definition) is 4. The van der Waals surface area contributed by atoms with Crippen molar-refractivity contribution in [3.8, 4) is 0 Å². The van der Waals surface area contributed by atoms with Gasteiger partial charge >= 0.3 is 5.97 Å². The number of ketones is 1. The van der Waals surface area contributed by atoms with Gasteiger partial charge in [0.15, 0.2) is 5.78 Å². The molecule has 1 aliphatic carbocycles. The molecule has 0 saturated heterocycles. The third-order valence-corrected chi connectivity index (χ3v) is 4.78. The van der Waals surface area contributed by atoms with E-state index in [-0.39, 0.29) is 29.8 Å². The zero-order valence-corrected chi connectivity index (χ0v) is 15.1. The van der Waals surface area contributed by atoms with Crippen molar-refractivity contribution in [2.24, 2.45) is 11.8 Å². The lowest BCUT2D eigenvalue weighted by Crippen LogP contribution is -2.18. The van der Waals surface area contributed by atoms with Crippen molar-refractivity contribution in [2.75, 3.05) is 0 Å². The number of aliphatic hydroxyl groups is 2. The average molecular weight is 352 g/mol. The summed E-state index contributed by atoms with van der Waals surface area (Å²) in [6, 6.07) is 0. The summed E-state index contributed by atoms with van der Waals surface area (Å²) in [5.41, 5.74) is 0. The molecule has 0 saturated carbocycles. The summed E-state index contributed by atoms with van der Waals surface area (Å²) in [6.45, 7) is 1.75. The van der Waals surface area contributed by atoms with Crippen LogP contribution in [0.5, 0.6) is 0 Å². The van der Waals surface area contributed by atoms with Gasteiger partial charge in [-0.25, -0.2) is 4.79 Å². The van der Waals surface area contributed by atoms with Gasteiger partial charge in [-0.2, -0.15) is 0 Å². The normalized spacial score (nSPS) is 22.6. The number of carbonyl (C=O) groups is 2. The van der Waals surface area contributed by atoms with E-state index in [0.29, 0.717) is 25.7 Å². The summed E-state index contributed by atoms with van der Waals surface area (Å²) >= 11 is 0. The number of aliphatic hydroxyl groups excluding tert-OH is 2. The van der Waals surface area contributed by atoms with Crippen molar-refractivity contribution in [3.05, 3.63) is 24.3 Å². The maximum absolute atomic E-state index is 12.0. The molecule has 0 spiro atoms. The number of allylic oxidation sites excluding steroid dienone is 3. The van der Waals surface area contributed by atoms with E-state index < -0.39 is 5.97 Å². The molecule has 1 rings (SSSR count). The summed E-state index contributed by atoms with van der Waals surface area (Å²) in [6.07, 6.45) is 12.8. The number of rotatable bonds is 13. The zero-order chi connectivity index (χ0) is 18.7. The van der Waals surface area contributed by atoms with Gasteiger partial charge in [0.05, 0.1) is 12.2 Å². The van der Waals surface area contributed by atoms with Crippen LogP contribution in [0.4, 0.5) is 0 Å². The molecule has 0 aromatic rings. The first-order valence-electron chi connectivity index (χ1n) is 9.37. The van der Waals surface area contributed by atoms with E-state index in [1.807, 2.05) is 6.08 Å². The van der Waals surface area contributed by atoms with Crippen LogP contribution in [0, 0.1) is 11.8 Å².